The first-order chi connectivity index (χ1) is 10.3. The van der Waals surface area contributed by atoms with Crippen molar-refractivity contribution in [2.24, 2.45) is 0 Å². The van der Waals surface area contributed by atoms with Crippen LogP contribution in [0.3, 0.4) is 0 Å². The molecule has 3 rings (SSSR count). The van der Waals surface area contributed by atoms with Gasteiger partial charge < -0.3 is 20.1 Å². The maximum atomic E-state index is 5.36. The molecule has 0 spiro atoms. The second-order valence-electron chi connectivity index (χ2n) is 4.76. The fourth-order valence-corrected chi connectivity index (χ4v) is 2.04. The number of aromatic nitrogens is 2. The molecule has 1 aromatic heterocycles. The van der Waals surface area contributed by atoms with E-state index in [1.165, 1.54) is 0 Å². The lowest BCUT2D eigenvalue weighted by Gasteiger charge is -2.08. The molecule has 1 aliphatic rings. The molecule has 21 heavy (non-hydrogen) atoms. The average molecular weight is 286 g/mol. The van der Waals surface area contributed by atoms with Crippen molar-refractivity contribution in [2.75, 3.05) is 24.0 Å². The normalized spacial score (nSPS) is 12.2. The van der Waals surface area contributed by atoms with E-state index in [1.807, 2.05) is 24.3 Å². The first kappa shape index (κ1) is 13.5. The maximum Gasteiger partial charge on any atom is 0.231 e. The van der Waals surface area contributed by atoms with Gasteiger partial charge in [-0.15, -0.1) is 0 Å². The van der Waals surface area contributed by atoms with Crippen LogP contribution in [0, 0.1) is 0 Å². The number of nitrogens with zero attached hydrogens (tertiary/aromatic N) is 2. The van der Waals surface area contributed by atoms with E-state index in [0.29, 0.717) is 0 Å². The highest BCUT2D eigenvalue weighted by molar-refractivity contribution is 5.63. The summed E-state index contributed by atoms with van der Waals surface area (Å²) in [6.45, 7) is 3.35. The molecule has 0 fully saturated rings. The lowest BCUT2D eigenvalue weighted by molar-refractivity contribution is 0.174. The standard InChI is InChI=1S/C15H18N4O2/c1-2-3-6-16-14-8-15(18-9-17-14)19-11-4-5-12-13(7-11)21-10-20-12/h4-5,7-9H,2-3,6,10H2,1H3,(H2,16,17,18,19). The van der Waals surface area contributed by atoms with E-state index in [4.69, 9.17) is 9.47 Å². The molecule has 0 unspecified atom stereocenters. The second-order valence-corrected chi connectivity index (χ2v) is 4.76. The molecule has 1 aliphatic heterocycles. The molecular formula is C15H18N4O2. The van der Waals surface area contributed by atoms with Crippen molar-refractivity contribution in [3.05, 3.63) is 30.6 Å². The zero-order chi connectivity index (χ0) is 14.5. The number of nitrogens with one attached hydrogen (secondary N) is 2. The van der Waals surface area contributed by atoms with Gasteiger partial charge in [0.05, 0.1) is 0 Å². The van der Waals surface area contributed by atoms with Crippen LogP contribution in [0.1, 0.15) is 19.8 Å². The van der Waals surface area contributed by atoms with Gasteiger partial charge in [0.25, 0.3) is 0 Å². The van der Waals surface area contributed by atoms with Gasteiger partial charge in [-0.3, -0.25) is 0 Å². The zero-order valence-electron chi connectivity index (χ0n) is 11.9. The van der Waals surface area contributed by atoms with Crippen LogP contribution in [0.2, 0.25) is 0 Å². The Kier molecular flexibility index (Phi) is 4.04. The van der Waals surface area contributed by atoms with Gasteiger partial charge >= 0.3 is 0 Å². The monoisotopic (exact) mass is 286 g/mol. The molecule has 0 aliphatic carbocycles. The Morgan fingerprint density at radius 3 is 2.86 bits per heavy atom. The van der Waals surface area contributed by atoms with E-state index in [2.05, 4.69) is 27.5 Å². The zero-order valence-corrected chi connectivity index (χ0v) is 11.9. The third-order valence-electron chi connectivity index (χ3n) is 3.15. The Labute approximate surface area is 123 Å². The molecule has 6 nitrogen and oxygen atoms in total. The van der Waals surface area contributed by atoms with E-state index in [9.17, 15) is 0 Å². The van der Waals surface area contributed by atoms with Gasteiger partial charge in [-0.25, -0.2) is 9.97 Å². The summed E-state index contributed by atoms with van der Waals surface area (Å²) in [6, 6.07) is 7.60. The number of hydrogen-bond donors (Lipinski definition) is 2. The number of benzene rings is 1. The molecule has 2 heterocycles. The Balaban J connectivity index is 1.68. The molecule has 110 valence electrons. The predicted molar refractivity (Wildman–Crippen MR) is 81.3 cm³/mol. The number of ether oxygens (including phenoxy) is 2. The van der Waals surface area contributed by atoms with Gasteiger partial charge in [0, 0.05) is 24.4 Å². The smallest absolute Gasteiger partial charge is 0.231 e. The van der Waals surface area contributed by atoms with Crippen LogP contribution in [0.5, 0.6) is 11.5 Å². The number of unbranched alkanes of at least 4 members (excludes halogenated alkanes) is 1. The van der Waals surface area contributed by atoms with Crippen LogP contribution >= 0.6 is 0 Å². The first-order valence-electron chi connectivity index (χ1n) is 7.08. The van der Waals surface area contributed by atoms with Crippen molar-refractivity contribution in [1.82, 2.24) is 9.97 Å². The number of rotatable bonds is 6. The lowest BCUT2D eigenvalue weighted by atomic mass is 10.3. The SMILES string of the molecule is CCCCNc1cc(Nc2ccc3c(c2)OCO3)ncn1. The topological polar surface area (TPSA) is 68.3 Å². The summed E-state index contributed by atoms with van der Waals surface area (Å²) in [5.41, 5.74) is 0.900. The molecule has 0 amide bonds. The van der Waals surface area contributed by atoms with Crippen molar-refractivity contribution in [3.8, 4) is 11.5 Å². The fraction of sp³-hybridized carbons (Fsp3) is 0.333. The van der Waals surface area contributed by atoms with Crippen molar-refractivity contribution >= 4 is 17.3 Å². The van der Waals surface area contributed by atoms with E-state index in [1.54, 1.807) is 6.33 Å². The minimum atomic E-state index is 0.276. The highest BCUT2D eigenvalue weighted by Gasteiger charge is 2.13. The summed E-state index contributed by atoms with van der Waals surface area (Å²) in [4.78, 5) is 8.43. The highest BCUT2D eigenvalue weighted by Crippen LogP contribution is 2.34. The van der Waals surface area contributed by atoms with Crippen LogP contribution in [0.4, 0.5) is 17.3 Å². The molecule has 0 atom stereocenters. The third kappa shape index (κ3) is 3.34. The summed E-state index contributed by atoms with van der Waals surface area (Å²) in [7, 11) is 0. The van der Waals surface area contributed by atoms with Crippen molar-refractivity contribution in [3.63, 3.8) is 0 Å². The Hall–Kier alpha value is -2.50. The van der Waals surface area contributed by atoms with E-state index < -0.39 is 0 Å². The minimum absolute atomic E-state index is 0.276. The van der Waals surface area contributed by atoms with E-state index in [-0.39, 0.29) is 6.79 Å². The van der Waals surface area contributed by atoms with Crippen LogP contribution in [-0.4, -0.2) is 23.3 Å². The molecule has 6 heteroatoms. The summed E-state index contributed by atoms with van der Waals surface area (Å²) in [5, 5.41) is 6.52. The highest BCUT2D eigenvalue weighted by atomic mass is 16.7. The largest absolute Gasteiger partial charge is 0.454 e. The predicted octanol–water partition coefficient (Wildman–Crippen LogP) is 3.16. The fourth-order valence-electron chi connectivity index (χ4n) is 2.04. The van der Waals surface area contributed by atoms with Crippen molar-refractivity contribution in [1.29, 1.82) is 0 Å². The van der Waals surface area contributed by atoms with Crippen LogP contribution in [0.25, 0.3) is 0 Å². The number of anilines is 3. The molecule has 2 N–H and O–H groups in total. The molecule has 0 saturated heterocycles. The van der Waals surface area contributed by atoms with Crippen molar-refractivity contribution in [2.45, 2.75) is 19.8 Å². The van der Waals surface area contributed by atoms with Gasteiger partial charge in [0.2, 0.25) is 6.79 Å². The Bertz CT molecular complexity index is 618. The van der Waals surface area contributed by atoms with Crippen LogP contribution < -0.4 is 20.1 Å². The summed E-state index contributed by atoms with van der Waals surface area (Å²) in [5.74, 6) is 3.07. The second kappa shape index (κ2) is 6.30. The lowest BCUT2D eigenvalue weighted by Crippen LogP contribution is -2.04. The van der Waals surface area contributed by atoms with Crippen LogP contribution in [0.15, 0.2) is 30.6 Å². The molecule has 0 saturated carbocycles. The van der Waals surface area contributed by atoms with Gasteiger partial charge in [-0.05, 0) is 18.6 Å². The third-order valence-corrected chi connectivity index (χ3v) is 3.15. The minimum Gasteiger partial charge on any atom is -0.454 e. The van der Waals surface area contributed by atoms with E-state index in [0.717, 1.165) is 48.2 Å². The quantitative estimate of drug-likeness (QED) is 0.795. The summed E-state index contributed by atoms with van der Waals surface area (Å²) < 4.78 is 10.7. The van der Waals surface area contributed by atoms with Gasteiger partial charge in [-0.1, -0.05) is 13.3 Å². The summed E-state index contributed by atoms with van der Waals surface area (Å²) in [6.07, 6.45) is 3.82. The maximum absolute atomic E-state index is 5.36. The number of fused-ring (bicyclic) bond motifs is 1. The van der Waals surface area contributed by atoms with Gasteiger partial charge in [0.15, 0.2) is 11.5 Å². The Morgan fingerprint density at radius 2 is 1.95 bits per heavy atom. The van der Waals surface area contributed by atoms with E-state index >= 15 is 0 Å². The molecule has 0 bridgehead atoms. The van der Waals surface area contributed by atoms with Crippen LogP contribution in [-0.2, 0) is 0 Å². The molecule has 1 aromatic carbocycles. The Morgan fingerprint density at radius 1 is 1.10 bits per heavy atom. The van der Waals surface area contributed by atoms with Crippen molar-refractivity contribution < 1.29 is 9.47 Å². The molecular weight excluding hydrogens is 268 g/mol. The van der Waals surface area contributed by atoms with Gasteiger partial charge in [-0.2, -0.15) is 0 Å². The number of hydrogen-bond acceptors (Lipinski definition) is 6. The van der Waals surface area contributed by atoms with Gasteiger partial charge in [0.1, 0.15) is 18.0 Å². The molecule has 2 aromatic rings. The first-order valence-corrected chi connectivity index (χ1v) is 7.08. The summed E-state index contributed by atoms with van der Waals surface area (Å²) >= 11 is 0. The molecule has 0 radical (unpaired) electrons. The average Bonchev–Trinajstić information content (AvgIpc) is 2.95.